The summed E-state index contributed by atoms with van der Waals surface area (Å²) in [6.07, 6.45) is 1.11. The lowest BCUT2D eigenvalue weighted by Gasteiger charge is -2.23. The summed E-state index contributed by atoms with van der Waals surface area (Å²) >= 11 is 0. The summed E-state index contributed by atoms with van der Waals surface area (Å²) in [6, 6.07) is 17.0. The molecule has 2 aliphatic rings. The van der Waals surface area contributed by atoms with E-state index >= 15 is 0 Å². The molecule has 1 amide bonds. The Morgan fingerprint density at radius 3 is 2.63 bits per heavy atom. The van der Waals surface area contributed by atoms with Gasteiger partial charge in [0.15, 0.2) is 11.5 Å². The summed E-state index contributed by atoms with van der Waals surface area (Å²) < 4.78 is 38.5. The van der Waals surface area contributed by atoms with Crippen LogP contribution in [0.5, 0.6) is 11.5 Å². The number of hydrogen-bond donors (Lipinski definition) is 1. The average molecular weight is 424 g/mol. The van der Waals surface area contributed by atoms with Crippen LogP contribution in [0.15, 0.2) is 65.6 Å². The molecule has 1 atom stereocenters. The van der Waals surface area contributed by atoms with Gasteiger partial charge in [-0.15, -0.1) is 0 Å². The third kappa shape index (κ3) is 3.28. The number of nitrogens with one attached hydrogen (secondary N) is 1. The van der Waals surface area contributed by atoms with E-state index in [-0.39, 0.29) is 17.6 Å². The standard InChI is InChI=1S/C22H20N2O5S/c25-22(23-17-8-10-20-21(13-17)29-14-28-20)19-6-3-11-24(19)30(26,27)18-9-7-15-4-1-2-5-16(15)12-18/h1-2,4-5,7-10,12-13,19H,3,6,11,14H2,(H,23,25)/t19-/m1/s1. The Morgan fingerprint density at radius 2 is 1.77 bits per heavy atom. The first-order valence-corrected chi connectivity index (χ1v) is 11.2. The molecule has 1 saturated heterocycles. The van der Waals surface area contributed by atoms with Gasteiger partial charge in [-0.3, -0.25) is 4.79 Å². The molecule has 8 heteroatoms. The highest BCUT2D eigenvalue weighted by atomic mass is 32.2. The summed E-state index contributed by atoms with van der Waals surface area (Å²) in [5.74, 6) is 0.824. The zero-order valence-corrected chi connectivity index (χ0v) is 16.9. The molecule has 1 N–H and O–H groups in total. The number of nitrogens with zero attached hydrogens (tertiary/aromatic N) is 1. The molecular formula is C22H20N2O5S. The molecular weight excluding hydrogens is 404 g/mol. The highest BCUT2D eigenvalue weighted by molar-refractivity contribution is 7.89. The van der Waals surface area contributed by atoms with Crippen LogP contribution in [-0.4, -0.2) is 38.0 Å². The first kappa shape index (κ1) is 18.9. The smallest absolute Gasteiger partial charge is 0.243 e. The summed E-state index contributed by atoms with van der Waals surface area (Å²) in [7, 11) is -3.80. The molecule has 3 aromatic carbocycles. The van der Waals surface area contributed by atoms with Crippen molar-refractivity contribution in [2.45, 2.75) is 23.8 Å². The van der Waals surface area contributed by atoms with Crippen LogP contribution in [0.1, 0.15) is 12.8 Å². The number of sulfonamides is 1. The van der Waals surface area contributed by atoms with Crippen molar-refractivity contribution in [2.24, 2.45) is 0 Å². The third-order valence-electron chi connectivity index (χ3n) is 5.47. The van der Waals surface area contributed by atoms with Crippen LogP contribution < -0.4 is 14.8 Å². The van der Waals surface area contributed by atoms with E-state index in [0.717, 1.165) is 10.8 Å². The monoisotopic (exact) mass is 424 g/mol. The molecule has 7 nitrogen and oxygen atoms in total. The van der Waals surface area contributed by atoms with Crippen LogP contribution in [0, 0.1) is 0 Å². The second-order valence-electron chi connectivity index (χ2n) is 7.34. The van der Waals surface area contributed by atoms with Crippen LogP contribution in [-0.2, 0) is 14.8 Å². The van der Waals surface area contributed by atoms with Gasteiger partial charge >= 0.3 is 0 Å². The lowest BCUT2D eigenvalue weighted by molar-refractivity contribution is -0.119. The van der Waals surface area contributed by atoms with Crippen LogP contribution in [0.25, 0.3) is 10.8 Å². The van der Waals surface area contributed by atoms with Crippen molar-refractivity contribution in [3.63, 3.8) is 0 Å². The quantitative estimate of drug-likeness (QED) is 0.694. The van der Waals surface area contributed by atoms with Gasteiger partial charge in [-0.25, -0.2) is 8.42 Å². The highest BCUT2D eigenvalue weighted by Crippen LogP contribution is 2.35. The van der Waals surface area contributed by atoms with Crippen LogP contribution >= 0.6 is 0 Å². The first-order chi connectivity index (χ1) is 14.5. The minimum atomic E-state index is -3.80. The maximum atomic E-state index is 13.3. The Labute approximate surface area is 174 Å². The SMILES string of the molecule is O=C(Nc1ccc2c(c1)OCO2)[C@H]1CCCN1S(=O)(=O)c1ccc2ccccc2c1. The largest absolute Gasteiger partial charge is 0.454 e. The van der Waals surface area contributed by atoms with Gasteiger partial charge in [-0.2, -0.15) is 4.31 Å². The van der Waals surface area contributed by atoms with Crippen molar-refractivity contribution in [1.82, 2.24) is 4.31 Å². The Morgan fingerprint density at radius 1 is 0.967 bits per heavy atom. The third-order valence-corrected chi connectivity index (χ3v) is 7.38. The summed E-state index contributed by atoms with van der Waals surface area (Å²) in [5, 5.41) is 4.63. The van der Waals surface area contributed by atoms with Crippen molar-refractivity contribution in [3.05, 3.63) is 60.7 Å². The van der Waals surface area contributed by atoms with E-state index in [4.69, 9.17) is 9.47 Å². The first-order valence-electron chi connectivity index (χ1n) is 9.73. The molecule has 30 heavy (non-hydrogen) atoms. The van der Waals surface area contributed by atoms with Gasteiger partial charge < -0.3 is 14.8 Å². The summed E-state index contributed by atoms with van der Waals surface area (Å²) in [5.41, 5.74) is 0.541. The number of ether oxygens (including phenoxy) is 2. The molecule has 0 aromatic heterocycles. The van der Waals surface area contributed by atoms with Crippen molar-refractivity contribution in [2.75, 3.05) is 18.7 Å². The van der Waals surface area contributed by atoms with E-state index in [0.29, 0.717) is 36.6 Å². The van der Waals surface area contributed by atoms with Gasteiger partial charge in [0.05, 0.1) is 4.90 Å². The maximum absolute atomic E-state index is 13.3. The molecule has 0 radical (unpaired) electrons. The van der Waals surface area contributed by atoms with E-state index in [2.05, 4.69) is 5.32 Å². The number of carbonyl (C=O) groups excluding carboxylic acids is 1. The average Bonchev–Trinajstić information content (AvgIpc) is 3.43. The number of hydrogen-bond acceptors (Lipinski definition) is 5. The van der Waals surface area contributed by atoms with Gasteiger partial charge in [0, 0.05) is 18.3 Å². The summed E-state index contributed by atoms with van der Waals surface area (Å²) in [6.45, 7) is 0.460. The maximum Gasteiger partial charge on any atom is 0.243 e. The predicted octanol–water partition coefficient (Wildman–Crippen LogP) is 3.36. The normalized spacial score (nSPS) is 18.6. The molecule has 2 heterocycles. The fraction of sp³-hybridized carbons (Fsp3) is 0.227. The number of rotatable bonds is 4. The number of fused-ring (bicyclic) bond motifs is 2. The van der Waals surface area contributed by atoms with Gasteiger partial charge in [0.1, 0.15) is 6.04 Å². The topological polar surface area (TPSA) is 84.9 Å². The number of carbonyl (C=O) groups is 1. The Balaban J connectivity index is 1.39. The van der Waals surface area contributed by atoms with E-state index in [1.165, 1.54) is 4.31 Å². The zero-order chi connectivity index (χ0) is 20.7. The van der Waals surface area contributed by atoms with Gasteiger partial charge in [0.25, 0.3) is 0 Å². The zero-order valence-electron chi connectivity index (χ0n) is 16.1. The molecule has 2 aliphatic heterocycles. The number of anilines is 1. The van der Waals surface area contributed by atoms with E-state index < -0.39 is 16.1 Å². The fourth-order valence-electron chi connectivity index (χ4n) is 3.95. The van der Waals surface area contributed by atoms with Gasteiger partial charge in [-0.05, 0) is 47.9 Å². The van der Waals surface area contributed by atoms with Crippen LogP contribution in [0.3, 0.4) is 0 Å². The van der Waals surface area contributed by atoms with Gasteiger partial charge in [-0.1, -0.05) is 30.3 Å². The molecule has 1 fully saturated rings. The Bertz CT molecular complexity index is 1240. The molecule has 0 spiro atoms. The minimum absolute atomic E-state index is 0.146. The molecule has 0 aliphatic carbocycles. The van der Waals surface area contributed by atoms with Crippen LogP contribution in [0.2, 0.25) is 0 Å². The lowest BCUT2D eigenvalue weighted by Crippen LogP contribution is -2.43. The van der Waals surface area contributed by atoms with Crippen molar-refractivity contribution in [3.8, 4) is 11.5 Å². The molecule has 154 valence electrons. The highest BCUT2D eigenvalue weighted by Gasteiger charge is 2.39. The molecule has 0 unspecified atom stereocenters. The minimum Gasteiger partial charge on any atom is -0.454 e. The Kier molecular flexibility index (Phi) is 4.60. The number of benzene rings is 3. The molecule has 0 bridgehead atoms. The van der Waals surface area contributed by atoms with Crippen molar-refractivity contribution in [1.29, 1.82) is 0 Å². The van der Waals surface area contributed by atoms with Crippen LogP contribution in [0.4, 0.5) is 5.69 Å². The predicted molar refractivity (Wildman–Crippen MR) is 112 cm³/mol. The van der Waals surface area contributed by atoms with E-state index in [9.17, 15) is 13.2 Å². The van der Waals surface area contributed by atoms with Crippen molar-refractivity contribution < 1.29 is 22.7 Å². The number of amides is 1. The second-order valence-corrected chi connectivity index (χ2v) is 9.23. The lowest BCUT2D eigenvalue weighted by atomic mass is 10.1. The summed E-state index contributed by atoms with van der Waals surface area (Å²) in [4.78, 5) is 13.1. The second kappa shape index (κ2) is 7.30. The Hall–Kier alpha value is -3.10. The van der Waals surface area contributed by atoms with E-state index in [1.54, 1.807) is 36.4 Å². The van der Waals surface area contributed by atoms with Crippen molar-refractivity contribution >= 4 is 32.4 Å². The molecule has 5 rings (SSSR count). The fourth-order valence-corrected chi connectivity index (χ4v) is 5.65. The van der Waals surface area contributed by atoms with E-state index in [1.807, 2.05) is 24.3 Å². The molecule has 0 saturated carbocycles. The molecule has 3 aromatic rings. The van der Waals surface area contributed by atoms with Gasteiger partial charge in [0.2, 0.25) is 22.7 Å².